The summed E-state index contributed by atoms with van der Waals surface area (Å²) >= 11 is 0. The standard InChI is InChI=1S/C26H32N4O4/c1-16(2)12-20(25-27-19-8-6-7-9-21(19)29(25)3)28-26(32)17-13-24(31)30(15-17)22-11-10-18(33-4)14-23(22)34-5/h6-11,14,16-17,20H,12-13,15H2,1-5H3,(H,28,32). The van der Waals surface area contributed by atoms with Crippen LogP contribution in [0.2, 0.25) is 0 Å². The number of nitrogens with one attached hydrogen (secondary N) is 1. The first kappa shape index (κ1) is 23.6. The molecule has 1 saturated heterocycles. The first-order valence-corrected chi connectivity index (χ1v) is 11.6. The molecule has 1 aliphatic heterocycles. The van der Waals surface area contributed by atoms with Crippen LogP contribution < -0.4 is 19.7 Å². The zero-order valence-electron chi connectivity index (χ0n) is 20.4. The highest BCUT2D eigenvalue weighted by Crippen LogP contribution is 2.36. The minimum absolute atomic E-state index is 0.105. The molecular formula is C26H32N4O4. The quantitative estimate of drug-likeness (QED) is 0.547. The second kappa shape index (κ2) is 9.75. The van der Waals surface area contributed by atoms with Crippen LogP contribution in [0.4, 0.5) is 5.69 Å². The number of rotatable bonds is 8. The van der Waals surface area contributed by atoms with Crippen LogP contribution in [0, 0.1) is 11.8 Å². The van der Waals surface area contributed by atoms with Gasteiger partial charge in [0.2, 0.25) is 11.8 Å². The number of carbonyl (C=O) groups is 2. The van der Waals surface area contributed by atoms with Crippen molar-refractivity contribution in [3.8, 4) is 11.5 Å². The number of amides is 2. The van der Waals surface area contributed by atoms with Crippen molar-refractivity contribution in [2.75, 3.05) is 25.7 Å². The van der Waals surface area contributed by atoms with Crippen molar-refractivity contribution >= 4 is 28.5 Å². The minimum Gasteiger partial charge on any atom is -0.497 e. The van der Waals surface area contributed by atoms with Gasteiger partial charge in [0, 0.05) is 26.1 Å². The van der Waals surface area contributed by atoms with E-state index in [1.54, 1.807) is 37.3 Å². The van der Waals surface area contributed by atoms with E-state index in [1.807, 2.05) is 35.9 Å². The molecule has 0 aliphatic carbocycles. The number of aryl methyl sites for hydroxylation is 1. The molecule has 180 valence electrons. The van der Waals surface area contributed by atoms with Crippen molar-refractivity contribution in [1.82, 2.24) is 14.9 Å². The number of para-hydroxylation sites is 2. The zero-order chi connectivity index (χ0) is 24.4. The third kappa shape index (κ3) is 4.58. The Bertz CT molecular complexity index is 1200. The molecule has 4 rings (SSSR count). The Morgan fingerprint density at radius 1 is 1.18 bits per heavy atom. The summed E-state index contributed by atoms with van der Waals surface area (Å²) in [4.78, 5) is 32.6. The van der Waals surface area contributed by atoms with Crippen LogP contribution in [0.1, 0.15) is 38.6 Å². The van der Waals surface area contributed by atoms with Crippen molar-refractivity contribution in [1.29, 1.82) is 0 Å². The number of nitrogens with zero attached hydrogens (tertiary/aromatic N) is 3. The smallest absolute Gasteiger partial charge is 0.227 e. The highest BCUT2D eigenvalue weighted by molar-refractivity contribution is 6.01. The Labute approximate surface area is 199 Å². The van der Waals surface area contributed by atoms with Crippen LogP contribution in [0.3, 0.4) is 0 Å². The molecule has 1 aromatic heterocycles. The van der Waals surface area contributed by atoms with Crippen LogP contribution in [0.25, 0.3) is 11.0 Å². The number of carbonyl (C=O) groups excluding carboxylic acids is 2. The number of hydrogen-bond donors (Lipinski definition) is 1. The molecule has 0 bridgehead atoms. The zero-order valence-corrected chi connectivity index (χ0v) is 20.4. The third-order valence-electron chi connectivity index (χ3n) is 6.33. The highest BCUT2D eigenvalue weighted by atomic mass is 16.5. The largest absolute Gasteiger partial charge is 0.497 e. The van der Waals surface area contributed by atoms with Gasteiger partial charge < -0.3 is 24.3 Å². The molecule has 2 atom stereocenters. The van der Waals surface area contributed by atoms with Crippen LogP contribution in [0.5, 0.6) is 11.5 Å². The summed E-state index contributed by atoms with van der Waals surface area (Å²) in [5.74, 6) is 1.65. The molecule has 0 spiro atoms. The summed E-state index contributed by atoms with van der Waals surface area (Å²) in [6, 6.07) is 13.0. The number of anilines is 1. The van der Waals surface area contributed by atoms with Crippen molar-refractivity contribution in [2.24, 2.45) is 18.9 Å². The summed E-state index contributed by atoms with van der Waals surface area (Å²) in [7, 11) is 5.10. The van der Waals surface area contributed by atoms with Gasteiger partial charge in [0.15, 0.2) is 0 Å². The van der Waals surface area contributed by atoms with E-state index in [2.05, 4.69) is 19.2 Å². The Hall–Kier alpha value is -3.55. The topological polar surface area (TPSA) is 85.7 Å². The maximum atomic E-state index is 13.3. The van der Waals surface area contributed by atoms with Gasteiger partial charge in [0.25, 0.3) is 0 Å². The number of ether oxygens (including phenoxy) is 2. The minimum atomic E-state index is -0.455. The summed E-state index contributed by atoms with van der Waals surface area (Å²) < 4.78 is 12.8. The van der Waals surface area contributed by atoms with Crippen LogP contribution in [0.15, 0.2) is 42.5 Å². The number of methoxy groups -OCH3 is 2. The molecule has 2 aromatic carbocycles. The van der Waals surface area contributed by atoms with Crippen LogP contribution in [-0.4, -0.2) is 42.1 Å². The van der Waals surface area contributed by atoms with E-state index in [0.29, 0.717) is 29.6 Å². The molecule has 0 radical (unpaired) electrons. The lowest BCUT2D eigenvalue weighted by Gasteiger charge is -2.23. The molecule has 1 N–H and O–H groups in total. The predicted molar refractivity (Wildman–Crippen MR) is 131 cm³/mol. The summed E-state index contributed by atoms with van der Waals surface area (Å²) in [6.07, 6.45) is 0.900. The van der Waals surface area contributed by atoms with Crippen molar-refractivity contribution in [2.45, 2.75) is 32.7 Å². The number of benzene rings is 2. The molecule has 34 heavy (non-hydrogen) atoms. The lowest BCUT2D eigenvalue weighted by atomic mass is 10.0. The fourth-order valence-electron chi connectivity index (χ4n) is 4.59. The van der Waals surface area contributed by atoms with E-state index in [1.165, 1.54) is 0 Å². The SMILES string of the molecule is COc1ccc(N2CC(C(=O)NC(CC(C)C)c3nc4ccccc4n3C)CC2=O)c(OC)c1. The van der Waals surface area contributed by atoms with Gasteiger partial charge in [0.05, 0.1) is 42.9 Å². The molecule has 2 heterocycles. The van der Waals surface area contributed by atoms with Gasteiger partial charge in [-0.1, -0.05) is 26.0 Å². The molecule has 3 aromatic rings. The molecule has 2 amide bonds. The van der Waals surface area contributed by atoms with Gasteiger partial charge in [-0.2, -0.15) is 0 Å². The van der Waals surface area contributed by atoms with Gasteiger partial charge in [-0.05, 0) is 36.6 Å². The maximum Gasteiger partial charge on any atom is 0.227 e. The Balaban J connectivity index is 1.55. The molecule has 8 nitrogen and oxygen atoms in total. The number of imidazole rings is 1. The first-order chi connectivity index (χ1) is 16.3. The molecule has 2 unspecified atom stereocenters. The van der Waals surface area contributed by atoms with Crippen LogP contribution >= 0.6 is 0 Å². The number of aromatic nitrogens is 2. The molecule has 1 fully saturated rings. The Morgan fingerprint density at radius 3 is 2.62 bits per heavy atom. The third-order valence-corrected chi connectivity index (χ3v) is 6.33. The molecule has 8 heteroatoms. The van der Waals surface area contributed by atoms with E-state index in [9.17, 15) is 9.59 Å². The second-order valence-corrected chi connectivity index (χ2v) is 9.15. The van der Waals surface area contributed by atoms with Gasteiger partial charge in [-0.15, -0.1) is 0 Å². The summed E-state index contributed by atoms with van der Waals surface area (Å²) in [5.41, 5.74) is 2.56. The molecule has 1 aliphatic rings. The lowest BCUT2D eigenvalue weighted by molar-refractivity contribution is -0.127. The van der Waals surface area contributed by atoms with Gasteiger partial charge >= 0.3 is 0 Å². The number of fused-ring (bicyclic) bond motifs is 1. The maximum absolute atomic E-state index is 13.3. The van der Waals surface area contributed by atoms with E-state index in [0.717, 1.165) is 23.3 Å². The molecule has 0 saturated carbocycles. The van der Waals surface area contributed by atoms with E-state index in [-0.39, 0.29) is 24.3 Å². The first-order valence-electron chi connectivity index (χ1n) is 11.6. The Kier molecular flexibility index (Phi) is 6.77. The van der Waals surface area contributed by atoms with Crippen LogP contribution in [-0.2, 0) is 16.6 Å². The van der Waals surface area contributed by atoms with Gasteiger partial charge in [0.1, 0.15) is 17.3 Å². The summed E-state index contributed by atoms with van der Waals surface area (Å²) in [5, 5.41) is 3.20. The normalized spacial score (nSPS) is 16.8. The lowest BCUT2D eigenvalue weighted by Crippen LogP contribution is -2.37. The second-order valence-electron chi connectivity index (χ2n) is 9.15. The van der Waals surface area contributed by atoms with Crippen molar-refractivity contribution in [3.05, 3.63) is 48.3 Å². The summed E-state index contributed by atoms with van der Waals surface area (Å²) in [6.45, 7) is 4.54. The Morgan fingerprint density at radius 2 is 1.94 bits per heavy atom. The molecular weight excluding hydrogens is 432 g/mol. The van der Waals surface area contributed by atoms with E-state index >= 15 is 0 Å². The fourth-order valence-corrected chi connectivity index (χ4v) is 4.59. The fraction of sp³-hybridized carbons (Fsp3) is 0.423. The van der Waals surface area contributed by atoms with E-state index in [4.69, 9.17) is 14.5 Å². The highest BCUT2D eigenvalue weighted by Gasteiger charge is 2.37. The average molecular weight is 465 g/mol. The average Bonchev–Trinajstić information content (AvgIpc) is 3.38. The predicted octanol–water partition coefficient (Wildman–Crippen LogP) is 3.85. The monoisotopic (exact) mass is 464 g/mol. The van der Waals surface area contributed by atoms with Gasteiger partial charge in [-0.3, -0.25) is 9.59 Å². The van der Waals surface area contributed by atoms with Gasteiger partial charge in [-0.25, -0.2) is 4.98 Å². The van der Waals surface area contributed by atoms with Crippen molar-refractivity contribution < 1.29 is 19.1 Å². The van der Waals surface area contributed by atoms with Crippen molar-refractivity contribution in [3.63, 3.8) is 0 Å². The van der Waals surface area contributed by atoms with E-state index < -0.39 is 5.92 Å². The number of hydrogen-bond acceptors (Lipinski definition) is 5.